The van der Waals surface area contributed by atoms with Gasteiger partial charge in [0.25, 0.3) is 5.91 Å². The summed E-state index contributed by atoms with van der Waals surface area (Å²) in [5.41, 5.74) is -3.08. The fraction of sp³-hybridized carbons (Fsp3) is 0.294. The van der Waals surface area contributed by atoms with E-state index in [0.717, 1.165) is 0 Å². The van der Waals surface area contributed by atoms with Crippen LogP contribution in [0.3, 0.4) is 0 Å². The number of carbonyl (C=O) groups excluding carboxylic acids is 1. The average Bonchev–Trinajstić information content (AvgIpc) is 3.01. The fourth-order valence-electron chi connectivity index (χ4n) is 2.66. The van der Waals surface area contributed by atoms with Gasteiger partial charge in [0.05, 0.1) is 16.1 Å². The van der Waals surface area contributed by atoms with Gasteiger partial charge in [0.15, 0.2) is 0 Å². The van der Waals surface area contributed by atoms with Gasteiger partial charge < -0.3 is 20.1 Å². The van der Waals surface area contributed by atoms with Crippen molar-refractivity contribution in [2.45, 2.75) is 18.1 Å². The van der Waals surface area contributed by atoms with Crippen LogP contribution in [-0.2, 0) is 0 Å². The van der Waals surface area contributed by atoms with Crippen LogP contribution in [-0.4, -0.2) is 40.8 Å². The first-order valence-corrected chi connectivity index (χ1v) is 9.14. The predicted molar refractivity (Wildman–Crippen MR) is 101 cm³/mol. The summed E-state index contributed by atoms with van der Waals surface area (Å²) in [6, 6.07) is 6.99. The van der Waals surface area contributed by atoms with Crippen molar-refractivity contribution in [3.05, 3.63) is 46.6 Å². The summed E-state index contributed by atoms with van der Waals surface area (Å²) in [4.78, 5) is 18.6. The molecule has 1 fully saturated rings. The zero-order valence-electron chi connectivity index (χ0n) is 13.8. The van der Waals surface area contributed by atoms with E-state index >= 15 is 0 Å². The van der Waals surface area contributed by atoms with E-state index < -0.39 is 11.5 Å². The topological polar surface area (TPSA) is 74.7 Å². The molecule has 3 rings (SSSR count). The van der Waals surface area contributed by atoms with E-state index in [0.29, 0.717) is 41.1 Å². The van der Waals surface area contributed by atoms with Crippen molar-refractivity contribution in [3.8, 4) is 5.75 Å². The largest absolute Gasteiger partial charge is 0.487 e. The Balaban J connectivity index is 1.66. The van der Waals surface area contributed by atoms with E-state index in [1.807, 2.05) is 4.90 Å². The molecule has 144 valence electrons. The molecular weight excluding hydrogens is 448 g/mol. The van der Waals surface area contributed by atoms with Gasteiger partial charge in [-0.1, -0.05) is 0 Å². The lowest BCUT2D eigenvalue weighted by Crippen LogP contribution is -2.23. The van der Waals surface area contributed by atoms with Crippen LogP contribution in [0.1, 0.15) is 16.8 Å². The molecule has 6 nitrogen and oxygen atoms in total. The van der Waals surface area contributed by atoms with E-state index in [2.05, 4.69) is 31.0 Å². The maximum atomic E-state index is 12.6. The van der Waals surface area contributed by atoms with E-state index in [1.165, 1.54) is 30.5 Å². The lowest BCUT2D eigenvalue weighted by molar-refractivity contribution is -0.0964. The van der Waals surface area contributed by atoms with Crippen molar-refractivity contribution in [2.75, 3.05) is 23.3 Å². The number of aliphatic hydroxyl groups excluding tert-OH is 1. The number of hydrogen-bond acceptors (Lipinski definition) is 5. The fourth-order valence-corrected chi connectivity index (χ4v) is 3.35. The molecule has 1 atom stereocenters. The van der Waals surface area contributed by atoms with Crippen LogP contribution in [0.2, 0.25) is 0 Å². The maximum absolute atomic E-state index is 12.6. The van der Waals surface area contributed by atoms with Crippen LogP contribution in [0.15, 0.2) is 41.0 Å². The second kappa shape index (κ2) is 7.95. The Morgan fingerprint density at radius 2 is 2.11 bits per heavy atom. The highest BCUT2D eigenvalue weighted by Gasteiger charge is 2.27. The molecule has 0 spiro atoms. The van der Waals surface area contributed by atoms with Crippen molar-refractivity contribution >= 4 is 44.9 Å². The van der Waals surface area contributed by atoms with Gasteiger partial charge in [0.1, 0.15) is 11.6 Å². The Labute approximate surface area is 167 Å². The summed E-state index contributed by atoms with van der Waals surface area (Å²) in [5, 5.41) is 12.3. The number of hydrogen-bond donors (Lipinski definition) is 2. The van der Waals surface area contributed by atoms with Gasteiger partial charge in [0, 0.05) is 36.6 Å². The number of aromatic nitrogens is 1. The van der Waals surface area contributed by atoms with E-state index in [-0.39, 0.29) is 11.9 Å². The number of rotatable bonds is 5. The zero-order valence-corrected chi connectivity index (χ0v) is 16.2. The Morgan fingerprint density at radius 3 is 2.67 bits per heavy atom. The minimum absolute atomic E-state index is 0.130. The van der Waals surface area contributed by atoms with E-state index in [9.17, 15) is 18.7 Å². The van der Waals surface area contributed by atoms with Gasteiger partial charge in [-0.05, 0) is 52.7 Å². The molecule has 2 aromatic rings. The molecule has 1 aromatic heterocycles. The van der Waals surface area contributed by atoms with Crippen LogP contribution < -0.4 is 15.0 Å². The predicted octanol–water partition coefficient (Wildman–Crippen LogP) is 3.84. The first-order chi connectivity index (χ1) is 12.7. The van der Waals surface area contributed by atoms with Crippen LogP contribution in [0, 0.1) is 0 Å². The third-order valence-corrected chi connectivity index (χ3v) is 4.55. The Kier molecular flexibility index (Phi) is 5.83. The zero-order chi connectivity index (χ0) is 19.6. The molecule has 1 aliphatic heterocycles. The summed E-state index contributed by atoms with van der Waals surface area (Å²) in [5.74, 6) is 0.119. The average molecular weight is 463 g/mol. The van der Waals surface area contributed by atoms with Crippen LogP contribution in [0.4, 0.5) is 20.3 Å². The summed E-state index contributed by atoms with van der Waals surface area (Å²) >= 11 is 8.10. The van der Waals surface area contributed by atoms with Crippen molar-refractivity contribution < 1.29 is 23.4 Å². The van der Waals surface area contributed by atoms with Crippen molar-refractivity contribution in [3.63, 3.8) is 0 Å². The number of nitrogens with zero attached hydrogens (tertiary/aromatic N) is 2. The number of aliphatic hydroxyl groups is 1. The molecule has 0 bridgehead atoms. The number of benzene rings is 1. The number of ether oxygens (including phenoxy) is 1. The Morgan fingerprint density at radius 1 is 1.41 bits per heavy atom. The molecule has 1 amide bonds. The molecule has 0 saturated carbocycles. The monoisotopic (exact) mass is 461 g/mol. The third kappa shape index (κ3) is 5.27. The second-order valence-electron chi connectivity index (χ2n) is 5.94. The highest BCUT2D eigenvalue weighted by Crippen LogP contribution is 2.28. The first-order valence-electron chi connectivity index (χ1n) is 7.97. The molecule has 1 aliphatic rings. The Hall–Kier alpha value is -1.97. The number of β-amino-alcohol motifs (C(OH)–C–C–N with tert-alkyl or cyclic N) is 1. The first kappa shape index (κ1) is 19.8. The maximum Gasteiger partial charge on any atom is 0.487 e. The minimum Gasteiger partial charge on any atom is -0.420 e. The number of amides is 1. The smallest absolute Gasteiger partial charge is 0.420 e. The molecular formula is C17H15BrClF2N3O3. The Bertz CT molecular complexity index is 833. The van der Waals surface area contributed by atoms with Gasteiger partial charge >= 0.3 is 5.57 Å². The molecule has 1 aromatic carbocycles. The SMILES string of the molecule is O=C(Nc1ccc(OC(F)(F)Cl)cc1)c1cnc(N2CC[C@H](O)C2)c(Br)c1. The van der Waals surface area contributed by atoms with Gasteiger partial charge in [-0.25, -0.2) is 4.98 Å². The molecule has 0 radical (unpaired) electrons. The molecule has 2 N–H and O–H groups in total. The summed E-state index contributed by atoms with van der Waals surface area (Å²) in [7, 11) is 0. The van der Waals surface area contributed by atoms with Crippen LogP contribution >= 0.6 is 27.5 Å². The van der Waals surface area contributed by atoms with Gasteiger partial charge in [-0.2, -0.15) is 0 Å². The highest BCUT2D eigenvalue weighted by atomic mass is 79.9. The highest BCUT2D eigenvalue weighted by molar-refractivity contribution is 9.10. The quantitative estimate of drug-likeness (QED) is 0.661. The molecule has 0 aliphatic carbocycles. The molecule has 10 heteroatoms. The van der Waals surface area contributed by atoms with Gasteiger partial charge in [-0.3, -0.25) is 4.79 Å². The lowest BCUT2D eigenvalue weighted by Gasteiger charge is -2.18. The summed E-state index contributed by atoms with van der Waals surface area (Å²) in [6.45, 7) is 1.18. The van der Waals surface area contributed by atoms with Gasteiger partial charge in [-0.15, -0.1) is 8.78 Å². The summed E-state index contributed by atoms with van der Waals surface area (Å²) < 4.78 is 30.0. The number of alkyl halides is 3. The number of pyridine rings is 1. The minimum atomic E-state index is -3.80. The molecule has 1 saturated heterocycles. The molecule has 2 heterocycles. The third-order valence-electron chi connectivity index (χ3n) is 3.89. The summed E-state index contributed by atoms with van der Waals surface area (Å²) in [6.07, 6.45) is 1.73. The van der Waals surface area contributed by atoms with Crippen molar-refractivity contribution in [2.24, 2.45) is 0 Å². The van der Waals surface area contributed by atoms with Crippen LogP contribution in [0.25, 0.3) is 0 Å². The lowest BCUT2D eigenvalue weighted by atomic mass is 10.2. The van der Waals surface area contributed by atoms with E-state index in [1.54, 1.807) is 6.07 Å². The normalized spacial score (nSPS) is 17.1. The standard InChI is InChI=1S/C17H15BrClF2N3O3/c18-14-7-10(8-22-15(14)24-6-5-12(25)9-24)16(26)23-11-1-3-13(4-2-11)27-17(19,20)21/h1-4,7-8,12,25H,5-6,9H2,(H,23,26)/t12-/m0/s1. The van der Waals surface area contributed by atoms with Crippen LogP contribution in [0.5, 0.6) is 5.75 Å². The second-order valence-corrected chi connectivity index (χ2v) is 7.24. The van der Waals surface area contributed by atoms with Crippen molar-refractivity contribution in [1.82, 2.24) is 4.98 Å². The van der Waals surface area contributed by atoms with Crippen molar-refractivity contribution in [1.29, 1.82) is 0 Å². The number of anilines is 2. The molecule has 27 heavy (non-hydrogen) atoms. The van der Waals surface area contributed by atoms with Gasteiger partial charge in [0.2, 0.25) is 0 Å². The van der Waals surface area contributed by atoms with E-state index in [4.69, 9.17) is 11.6 Å². The number of nitrogens with one attached hydrogen (secondary N) is 1. The molecule has 0 unspecified atom stereocenters. The number of carbonyl (C=O) groups is 1. The number of halogens is 4.